The number of aromatic nitrogens is 4. The van der Waals surface area contributed by atoms with Gasteiger partial charge in [0.1, 0.15) is 11.5 Å². The zero-order valence-electron chi connectivity index (χ0n) is 9.40. The second-order valence-electron chi connectivity index (χ2n) is 3.86. The van der Waals surface area contributed by atoms with Crippen LogP contribution in [0, 0.1) is 0 Å². The molecule has 86 valence electrons. The van der Waals surface area contributed by atoms with Crippen molar-refractivity contribution in [3.8, 4) is 11.5 Å². The number of hydrogen-bond acceptors (Lipinski definition) is 5. The molecule has 0 bridgehead atoms. The number of rotatable bonds is 4. The fraction of sp³-hybridized carbons (Fsp3) is 0.500. The third kappa shape index (κ3) is 2.28. The third-order valence-corrected chi connectivity index (χ3v) is 3.10. The number of hydrogen-bond donors (Lipinski definition) is 2. The van der Waals surface area contributed by atoms with Crippen LogP contribution in [0.5, 0.6) is 0 Å². The van der Waals surface area contributed by atoms with Crippen molar-refractivity contribution in [1.82, 2.24) is 20.2 Å². The second-order valence-corrected chi connectivity index (χ2v) is 4.81. The molecular weight excluding hydrogens is 222 g/mol. The first-order chi connectivity index (χ1) is 7.70. The minimum Gasteiger partial charge on any atom is -0.330 e. The molecule has 0 spiro atoms. The number of thiazole rings is 1. The van der Waals surface area contributed by atoms with E-state index in [0.29, 0.717) is 18.3 Å². The van der Waals surface area contributed by atoms with Crippen LogP contribution in [0.1, 0.15) is 30.6 Å². The Labute approximate surface area is 98.1 Å². The summed E-state index contributed by atoms with van der Waals surface area (Å²) in [5.41, 5.74) is 6.31. The molecule has 2 aromatic rings. The maximum Gasteiger partial charge on any atom is 0.200 e. The van der Waals surface area contributed by atoms with Crippen LogP contribution in [0.15, 0.2) is 5.38 Å². The number of H-pyrrole nitrogens is 1. The predicted molar refractivity (Wildman–Crippen MR) is 64.3 cm³/mol. The molecule has 0 radical (unpaired) electrons. The molecule has 5 nitrogen and oxygen atoms in total. The van der Waals surface area contributed by atoms with Gasteiger partial charge in [-0.15, -0.1) is 11.3 Å². The number of nitrogens with one attached hydrogen (secondary N) is 1. The van der Waals surface area contributed by atoms with E-state index in [9.17, 15) is 0 Å². The molecule has 0 fully saturated rings. The molecule has 2 aromatic heterocycles. The largest absolute Gasteiger partial charge is 0.330 e. The maximum absolute atomic E-state index is 5.48. The molecule has 2 rings (SSSR count). The minimum absolute atomic E-state index is 0.350. The summed E-state index contributed by atoms with van der Waals surface area (Å²) in [5.74, 6) is 1.91. The van der Waals surface area contributed by atoms with Crippen molar-refractivity contribution in [1.29, 1.82) is 0 Å². The van der Waals surface area contributed by atoms with Crippen molar-refractivity contribution in [3.63, 3.8) is 0 Å². The molecule has 0 aliphatic rings. The van der Waals surface area contributed by atoms with Crippen LogP contribution in [0.4, 0.5) is 0 Å². The third-order valence-electron chi connectivity index (χ3n) is 2.19. The standard InChI is InChI=1S/C10H15N5S/c1-6(2)9-13-10(15-14-9)7-5-16-8(12-7)3-4-11/h5-6H,3-4,11H2,1-2H3,(H,13,14,15). The van der Waals surface area contributed by atoms with E-state index in [4.69, 9.17) is 5.73 Å². The van der Waals surface area contributed by atoms with Crippen molar-refractivity contribution in [2.75, 3.05) is 6.54 Å². The highest BCUT2D eigenvalue weighted by molar-refractivity contribution is 7.09. The summed E-state index contributed by atoms with van der Waals surface area (Å²) in [7, 11) is 0. The van der Waals surface area contributed by atoms with Crippen LogP contribution < -0.4 is 5.73 Å². The predicted octanol–water partition coefficient (Wildman–Crippen LogP) is 1.55. The van der Waals surface area contributed by atoms with Crippen molar-refractivity contribution < 1.29 is 0 Å². The van der Waals surface area contributed by atoms with Crippen LogP contribution in [0.2, 0.25) is 0 Å². The Morgan fingerprint density at radius 2 is 2.25 bits per heavy atom. The Hall–Kier alpha value is -1.27. The molecule has 0 saturated carbocycles. The topological polar surface area (TPSA) is 80.5 Å². The molecule has 6 heteroatoms. The first kappa shape index (κ1) is 11.2. The Balaban J connectivity index is 2.21. The number of nitrogens with zero attached hydrogens (tertiary/aromatic N) is 3. The molecule has 0 unspecified atom stereocenters. The van der Waals surface area contributed by atoms with Gasteiger partial charge in [-0.25, -0.2) is 9.97 Å². The quantitative estimate of drug-likeness (QED) is 0.845. The second kappa shape index (κ2) is 4.71. The van der Waals surface area contributed by atoms with Gasteiger partial charge in [0.2, 0.25) is 5.82 Å². The summed E-state index contributed by atoms with van der Waals surface area (Å²) in [6.07, 6.45) is 0.812. The van der Waals surface area contributed by atoms with E-state index in [-0.39, 0.29) is 0 Å². The van der Waals surface area contributed by atoms with Gasteiger partial charge in [0.15, 0.2) is 0 Å². The fourth-order valence-corrected chi connectivity index (χ4v) is 2.09. The smallest absolute Gasteiger partial charge is 0.200 e. The minimum atomic E-state index is 0.350. The Kier molecular flexibility index (Phi) is 3.31. The first-order valence-electron chi connectivity index (χ1n) is 5.28. The van der Waals surface area contributed by atoms with Crippen LogP contribution in [-0.4, -0.2) is 26.7 Å². The van der Waals surface area contributed by atoms with Crippen LogP contribution in [-0.2, 0) is 6.42 Å². The van der Waals surface area contributed by atoms with E-state index in [2.05, 4.69) is 34.0 Å². The summed E-state index contributed by atoms with van der Waals surface area (Å²) in [4.78, 5) is 8.84. The van der Waals surface area contributed by atoms with E-state index < -0.39 is 0 Å². The van der Waals surface area contributed by atoms with Crippen LogP contribution >= 0.6 is 11.3 Å². The van der Waals surface area contributed by atoms with E-state index in [1.807, 2.05) is 5.38 Å². The lowest BCUT2D eigenvalue weighted by atomic mass is 10.2. The highest BCUT2D eigenvalue weighted by Gasteiger charge is 2.11. The van der Waals surface area contributed by atoms with Crippen molar-refractivity contribution in [2.24, 2.45) is 5.73 Å². The van der Waals surface area contributed by atoms with Gasteiger partial charge in [-0.1, -0.05) is 13.8 Å². The molecule has 0 aliphatic carbocycles. The molecular formula is C10H15N5S. The average molecular weight is 237 g/mol. The van der Waals surface area contributed by atoms with Gasteiger partial charge < -0.3 is 5.73 Å². The molecule has 2 heterocycles. The Morgan fingerprint density at radius 1 is 1.44 bits per heavy atom. The van der Waals surface area contributed by atoms with Gasteiger partial charge >= 0.3 is 0 Å². The zero-order chi connectivity index (χ0) is 11.5. The van der Waals surface area contributed by atoms with Gasteiger partial charge in [0.25, 0.3) is 0 Å². The van der Waals surface area contributed by atoms with Gasteiger partial charge in [-0.05, 0) is 6.54 Å². The zero-order valence-corrected chi connectivity index (χ0v) is 10.2. The van der Waals surface area contributed by atoms with Crippen LogP contribution in [0.3, 0.4) is 0 Å². The lowest BCUT2D eigenvalue weighted by Gasteiger charge is -1.94. The van der Waals surface area contributed by atoms with E-state index in [1.54, 1.807) is 11.3 Å². The monoisotopic (exact) mass is 237 g/mol. The summed E-state index contributed by atoms with van der Waals surface area (Å²) in [5, 5.41) is 10.1. The molecule has 0 aliphatic heterocycles. The molecule has 3 N–H and O–H groups in total. The van der Waals surface area contributed by atoms with E-state index in [0.717, 1.165) is 22.9 Å². The van der Waals surface area contributed by atoms with Gasteiger partial charge in [-0.3, -0.25) is 5.10 Å². The maximum atomic E-state index is 5.48. The van der Waals surface area contributed by atoms with Crippen LogP contribution in [0.25, 0.3) is 11.5 Å². The summed E-state index contributed by atoms with van der Waals surface area (Å²) in [6, 6.07) is 0. The summed E-state index contributed by atoms with van der Waals surface area (Å²) >= 11 is 1.60. The van der Waals surface area contributed by atoms with E-state index >= 15 is 0 Å². The van der Waals surface area contributed by atoms with Gasteiger partial charge in [-0.2, -0.15) is 5.10 Å². The lowest BCUT2D eigenvalue weighted by molar-refractivity contribution is 0.781. The first-order valence-corrected chi connectivity index (χ1v) is 6.15. The molecule has 0 amide bonds. The SMILES string of the molecule is CC(C)c1nc(-c2csc(CCN)n2)n[nH]1. The molecule has 16 heavy (non-hydrogen) atoms. The molecule has 0 saturated heterocycles. The van der Waals surface area contributed by atoms with Gasteiger partial charge in [0.05, 0.1) is 5.01 Å². The van der Waals surface area contributed by atoms with Crippen molar-refractivity contribution in [2.45, 2.75) is 26.2 Å². The van der Waals surface area contributed by atoms with Crippen molar-refractivity contribution >= 4 is 11.3 Å². The lowest BCUT2D eigenvalue weighted by Crippen LogP contribution is -2.02. The van der Waals surface area contributed by atoms with E-state index in [1.165, 1.54) is 0 Å². The Bertz CT molecular complexity index is 459. The number of aromatic amines is 1. The van der Waals surface area contributed by atoms with Gasteiger partial charge in [0, 0.05) is 17.7 Å². The molecule has 0 aromatic carbocycles. The normalized spacial score (nSPS) is 11.2. The van der Waals surface area contributed by atoms with Crippen molar-refractivity contribution in [3.05, 3.63) is 16.2 Å². The highest BCUT2D eigenvalue weighted by atomic mass is 32.1. The number of nitrogens with two attached hydrogens (primary N) is 1. The molecule has 0 atom stereocenters. The summed E-state index contributed by atoms with van der Waals surface area (Å²) < 4.78 is 0. The highest BCUT2D eigenvalue weighted by Crippen LogP contribution is 2.20. The summed E-state index contributed by atoms with van der Waals surface area (Å²) in [6.45, 7) is 4.77. The Morgan fingerprint density at radius 3 is 2.88 bits per heavy atom. The fourth-order valence-electron chi connectivity index (χ4n) is 1.30. The average Bonchev–Trinajstić information content (AvgIpc) is 2.84.